The Morgan fingerprint density at radius 2 is 1.76 bits per heavy atom. The Labute approximate surface area is 104 Å². The molecule has 1 atom stereocenters. The second kappa shape index (κ2) is 4.05. The Hall–Kier alpha value is -0.960. The monoisotopic (exact) mass is 234 g/mol. The van der Waals surface area contributed by atoms with Crippen LogP contribution in [0.15, 0.2) is 6.33 Å². The van der Waals surface area contributed by atoms with Gasteiger partial charge in [-0.25, -0.2) is 9.97 Å². The maximum Gasteiger partial charge on any atom is 0.116 e. The predicted octanol–water partition coefficient (Wildman–Crippen LogP) is 3.38. The van der Waals surface area contributed by atoms with E-state index < -0.39 is 0 Å². The minimum absolute atomic E-state index is 0.0662. The number of aryl methyl sites for hydroxylation is 1. The highest BCUT2D eigenvalue weighted by Crippen LogP contribution is 2.51. The molecule has 0 N–H and O–H groups in total. The van der Waals surface area contributed by atoms with Gasteiger partial charge in [-0.3, -0.25) is 0 Å². The van der Waals surface area contributed by atoms with Gasteiger partial charge in [0.05, 0.1) is 11.8 Å². The summed E-state index contributed by atoms with van der Waals surface area (Å²) in [5.41, 5.74) is 3.11. The summed E-state index contributed by atoms with van der Waals surface area (Å²) in [5.74, 6) is 0.826. The largest absolute Gasteiger partial charge is 0.360 e. The van der Waals surface area contributed by atoms with Gasteiger partial charge in [-0.05, 0) is 25.7 Å². The van der Waals surface area contributed by atoms with Crippen LogP contribution >= 0.6 is 0 Å². The molecule has 17 heavy (non-hydrogen) atoms. The first-order valence-corrected chi connectivity index (χ1v) is 6.41. The third kappa shape index (κ3) is 1.60. The fourth-order valence-corrected chi connectivity index (χ4v) is 3.21. The molecule has 3 nitrogen and oxygen atoms in total. The van der Waals surface area contributed by atoms with Crippen molar-refractivity contribution >= 4 is 0 Å². The van der Waals surface area contributed by atoms with Gasteiger partial charge in [-0.1, -0.05) is 27.7 Å². The van der Waals surface area contributed by atoms with E-state index in [0.29, 0.717) is 11.8 Å². The summed E-state index contributed by atoms with van der Waals surface area (Å²) in [4.78, 5) is 8.78. The highest BCUT2D eigenvalue weighted by Gasteiger charge is 2.50. The molecule has 0 bridgehead atoms. The number of rotatable bonds is 2. The quantitative estimate of drug-likeness (QED) is 0.786. The smallest absolute Gasteiger partial charge is 0.116 e. The molecule has 2 rings (SSSR count). The number of nitrogens with zero attached hydrogens (tertiary/aromatic N) is 2. The van der Waals surface area contributed by atoms with Gasteiger partial charge in [-0.15, -0.1) is 0 Å². The lowest BCUT2D eigenvalue weighted by molar-refractivity contribution is -0.130. The molecule has 0 aliphatic carbocycles. The van der Waals surface area contributed by atoms with Crippen LogP contribution in [0.5, 0.6) is 0 Å². The Morgan fingerprint density at radius 1 is 1.18 bits per heavy atom. The van der Waals surface area contributed by atoms with Gasteiger partial charge in [0.2, 0.25) is 0 Å². The Bertz CT molecular complexity index is 418. The van der Waals surface area contributed by atoms with Crippen molar-refractivity contribution in [1.29, 1.82) is 0 Å². The lowest BCUT2D eigenvalue weighted by Crippen LogP contribution is -2.38. The van der Waals surface area contributed by atoms with Gasteiger partial charge >= 0.3 is 0 Å². The lowest BCUT2D eigenvalue weighted by atomic mass is 9.75. The second-order valence-corrected chi connectivity index (χ2v) is 5.58. The first-order valence-electron chi connectivity index (χ1n) is 6.41. The summed E-state index contributed by atoms with van der Waals surface area (Å²) >= 11 is 0. The Morgan fingerprint density at radius 3 is 2.29 bits per heavy atom. The molecular weight excluding hydrogens is 212 g/mol. The zero-order valence-corrected chi connectivity index (χ0v) is 11.6. The predicted molar refractivity (Wildman–Crippen MR) is 67.6 cm³/mol. The van der Waals surface area contributed by atoms with E-state index in [1.165, 1.54) is 5.56 Å². The van der Waals surface area contributed by atoms with E-state index in [2.05, 4.69) is 51.5 Å². The van der Waals surface area contributed by atoms with E-state index >= 15 is 0 Å². The van der Waals surface area contributed by atoms with Crippen LogP contribution < -0.4 is 0 Å². The van der Waals surface area contributed by atoms with E-state index in [1.54, 1.807) is 6.33 Å². The average molecular weight is 234 g/mol. The topological polar surface area (TPSA) is 35.0 Å². The first-order chi connectivity index (χ1) is 7.91. The van der Waals surface area contributed by atoms with Gasteiger partial charge in [0.15, 0.2) is 0 Å². The summed E-state index contributed by atoms with van der Waals surface area (Å²) in [6.45, 7) is 13.0. The molecule has 0 spiro atoms. The molecule has 0 saturated heterocycles. The molecule has 1 aromatic rings. The van der Waals surface area contributed by atoms with Crippen molar-refractivity contribution in [2.45, 2.75) is 53.2 Å². The molecule has 1 aromatic heterocycles. The molecule has 1 aliphatic heterocycles. The van der Waals surface area contributed by atoms with E-state index in [-0.39, 0.29) is 11.7 Å². The molecule has 0 aromatic carbocycles. The van der Waals surface area contributed by atoms with Crippen LogP contribution in [0.3, 0.4) is 0 Å². The number of ether oxygens (including phenoxy) is 1. The summed E-state index contributed by atoms with van der Waals surface area (Å²) in [6.07, 6.45) is 1.71. The van der Waals surface area contributed by atoms with Crippen molar-refractivity contribution in [3.63, 3.8) is 0 Å². The number of fused-ring (bicyclic) bond motifs is 1. The third-order valence-electron chi connectivity index (χ3n) is 3.93. The minimum atomic E-state index is -0.236. The fraction of sp³-hybridized carbons (Fsp3) is 0.714. The molecule has 3 heteroatoms. The highest BCUT2D eigenvalue weighted by molar-refractivity contribution is 5.37. The van der Waals surface area contributed by atoms with Crippen molar-refractivity contribution in [2.75, 3.05) is 0 Å². The van der Waals surface area contributed by atoms with E-state index in [0.717, 1.165) is 11.4 Å². The summed E-state index contributed by atoms with van der Waals surface area (Å²) in [6, 6.07) is 0. The van der Waals surface area contributed by atoms with Crippen LogP contribution in [0.1, 0.15) is 57.7 Å². The van der Waals surface area contributed by atoms with Gasteiger partial charge in [0, 0.05) is 11.3 Å². The van der Waals surface area contributed by atoms with Crippen LogP contribution in [-0.4, -0.2) is 9.97 Å². The fourth-order valence-electron chi connectivity index (χ4n) is 3.21. The molecule has 0 fully saturated rings. The maximum atomic E-state index is 6.32. The Balaban J connectivity index is 2.69. The van der Waals surface area contributed by atoms with Gasteiger partial charge < -0.3 is 4.74 Å². The normalized spacial score (nSPS) is 22.2. The maximum absolute atomic E-state index is 6.32. The van der Waals surface area contributed by atoms with Crippen LogP contribution in [-0.2, 0) is 10.3 Å². The second-order valence-electron chi connectivity index (χ2n) is 5.58. The summed E-state index contributed by atoms with van der Waals surface area (Å²) in [5, 5.41) is 0. The average Bonchev–Trinajstić information content (AvgIpc) is 2.55. The summed E-state index contributed by atoms with van der Waals surface area (Å²) in [7, 11) is 0. The molecular formula is C14H22N2O. The van der Waals surface area contributed by atoms with Crippen LogP contribution in [0.2, 0.25) is 0 Å². The van der Waals surface area contributed by atoms with Crippen molar-refractivity contribution in [3.05, 3.63) is 23.3 Å². The van der Waals surface area contributed by atoms with Gasteiger partial charge in [-0.2, -0.15) is 0 Å². The zero-order chi connectivity index (χ0) is 12.8. The zero-order valence-electron chi connectivity index (χ0n) is 11.6. The van der Waals surface area contributed by atoms with Crippen LogP contribution in [0, 0.1) is 18.8 Å². The number of aromatic nitrogens is 2. The SMILES string of the molecule is Cc1ncnc2c1C(C(C)C)(C(C)C)OC2C. The first kappa shape index (κ1) is 12.5. The van der Waals surface area contributed by atoms with E-state index in [1.807, 2.05) is 0 Å². The van der Waals surface area contributed by atoms with Crippen molar-refractivity contribution in [3.8, 4) is 0 Å². The molecule has 94 valence electrons. The van der Waals surface area contributed by atoms with Gasteiger partial charge in [0.1, 0.15) is 11.9 Å². The van der Waals surface area contributed by atoms with Crippen molar-refractivity contribution in [2.24, 2.45) is 11.8 Å². The lowest BCUT2D eigenvalue weighted by Gasteiger charge is -2.38. The van der Waals surface area contributed by atoms with Gasteiger partial charge in [0.25, 0.3) is 0 Å². The van der Waals surface area contributed by atoms with E-state index in [9.17, 15) is 0 Å². The standard InChI is InChI=1S/C14H22N2O/c1-8(2)14(9(3)4)12-10(5)15-7-16-13(12)11(6)17-14/h7-9,11H,1-6H3. The van der Waals surface area contributed by atoms with Crippen molar-refractivity contribution < 1.29 is 4.74 Å². The Kier molecular flexibility index (Phi) is 2.98. The summed E-state index contributed by atoms with van der Waals surface area (Å²) < 4.78 is 6.32. The van der Waals surface area contributed by atoms with Crippen LogP contribution in [0.25, 0.3) is 0 Å². The van der Waals surface area contributed by atoms with E-state index in [4.69, 9.17) is 4.74 Å². The van der Waals surface area contributed by atoms with Crippen LogP contribution in [0.4, 0.5) is 0 Å². The molecule has 1 unspecified atom stereocenters. The number of hydrogen-bond acceptors (Lipinski definition) is 3. The third-order valence-corrected chi connectivity index (χ3v) is 3.93. The number of hydrogen-bond donors (Lipinski definition) is 0. The molecule has 0 amide bonds. The minimum Gasteiger partial charge on any atom is -0.360 e. The highest BCUT2D eigenvalue weighted by atomic mass is 16.5. The molecule has 1 aliphatic rings. The van der Waals surface area contributed by atoms with Crippen molar-refractivity contribution in [1.82, 2.24) is 9.97 Å². The molecule has 0 saturated carbocycles. The molecule has 2 heterocycles. The molecule has 0 radical (unpaired) electrons.